The van der Waals surface area contributed by atoms with E-state index < -0.39 is 4.92 Å². The topological polar surface area (TPSA) is 64.8 Å². The van der Waals surface area contributed by atoms with Crippen LogP contribution >= 0.6 is 11.6 Å². The first-order valence-electron chi connectivity index (χ1n) is 6.22. The summed E-state index contributed by atoms with van der Waals surface area (Å²) in [6, 6.07) is 12.1. The molecule has 108 valence electrons. The van der Waals surface area contributed by atoms with Gasteiger partial charge in [0.2, 0.25) is 0 Å². The van der Waals surface area contributed by atoms with Crippen LogP contribution in [-0.4, -0.2) is 4.92 Å². The smallest absolute Gasteiger partial charge is 0.258 e. The van der Waals surface area contributed by atoms with Gasteiger partial charge >= 0.3 is 0 Å². The van der Waals surface area contributed by atoms with E-state index in [9.17, 15) is 10.1 Å². The van der Waals surface area contributed by atoms with Crippen LogP contribution < -0.4 is 5.23 Å². The highest BCUT2D eigenvalue weighted by molar-refractivity contribution is 6.32. The molecule has 7 heteroatoms. The van der Waals surface area contributed by atoms with Crippen LogP contribution in [0.15, 0.2) is 42.5 Å². The zero-order valence-corrected chi connectivity index (χ0v) is 11.6. The van der Waals surface area contributed by atoms with E-state index in [1.54, 1.807) is 0 Å². The lowest BCUT2D eigenvalue weighted by molar-refractivity contribution is -0.384. The Bertz CT molecular complexity index is 665. The SMILES string of the molecule is O=[N+]([O-])c1ccc(N2OCc3ccccc3CO2)cc1Cl. The van der Waals surface area contributed by atoms with Gasteiger partial charge in [-0.1, -0.05) is 35.9 Å². The van der Waals surface area contributed by atoms with Gasteiger partial charge in [-0.05, 0) is 23.3 Å². The Balaban J connectivity index is 1.83. The number of benzene rings is 2. The molecule has 0 amide bonds. The van der Waals surface area contributed by atoms with Crippen molar-refractivity contribution >= 4 is 23.0 Å². The molecule has 1 aliphatic heterocycles. The zero-order chi connectivity index (χ0) is 14.8. The van der Waals surface area contributed by atoms with Crippen LogP contribution in [0.25, 0.3) is 0 Å². The highest BCUT2D eigenvalue weighted by Gasteiger charge is 2.19. The monoisotopic (exact) mass is 306 g/mol. The molecule has 0 unspecified atom stereocenters. The van der Waals surface area contributed by atoms with Crippen LogP contribution in [0.4, 0.5) is 11.4 Å². The van der Waals surface area contributed by atoms with Crippen molar-refractivity contribution in [3.63, 3.8) is 0 Å². The minimum Gasteiger partial charge on any atom is -0.258 e. The average molecular weight is 307 g/mol. The van der Waals surface area contributed by atoms with Gasteiger partial charge in [0.05, 0.1) is 10.6 Å². The Morgan fingerprint density at radius 3 is 2.24 bits per heavy atom. The number of nitrogens with zero attached hydrogens (tertiary/aromatic N) is 2. The average Bonchev–Trinajstić information content (AvgIpc) is 2.69. The van der Waals surface area contributed by atoms with E-state index in [1.165, 1.54) is 23.4 Å². The van der Waals surface area contributed by atoms with E-state index in [2.05, 4.69) is 0 Å². The second kappa shape index (κ2) is 5.69. The highest BCUT2D eigenvalue weighted by Crippen LogP contribution is 2.30. The number of nitro groups is 1. The second-order valence-corrected chi connectivity index (χ2v) is 4.87. The van der Waals surface area contributed by atoms with Crippen LogP contribution in [0.1, 0.15) is 11.1 Å². The molecule has 0 fully saturated rings. The molecule has 6 nitrogen and oxygen atoms in total. The van der Waals surface area contributed by atoms with Gasteiger partial charge in [0.25, 0.3) is 5.69 Å². The molecule has 3 rings (SSSR count). The van der Waals surface area contributed by atoms with Crippen LogP contribution in [0, 0.1) is 10.1 Å². The van der Waals surface area contributed by atoms with Crippen molar-refractivity contribution < 1.29 is 14.6 Å². The molecule has 0 radical (unpaired) electrons. The van der Waals surface area contributed by atoms with Gasteiger partial charge in [-0.15, -0.1) is 5.23 Å². The fourth-order valence-corrected chi connectivity index (χ4v) is 2.28. The summed E-state index contributed by atoms with van der Waals surface area (Å²) in [5, 5.41) is 12.0. The fourth-order valence-electron chi connectivity index (χ4n) is 2.04. The van der Waals surface area contributed by atoms with Crippen molar-refractivity contribution in [2.24, 2.45) is 0 Å². The van der Waals surface area contributed by atoms with Gasteiger partial charge in [-0.25, -0.2) is 9.68 Å². The Morgan fingerprint density at radius 1 is 1.10 bits per heavy atom. The lowest BCUT2D eigenvalue weighted by atomic mass is 10.1. The summed E-state index contributed by atoms with van der Waals surface area (Å²) < 4.78 is 0. The maximum atomic E-state index is 10.8. The molecule has 0 bridgehead atoms. The lowest BCUT2D eigenvalue weighted by Crippen LogP contribution is -2.21. The molecule has 1 aliphatic rings. The predicted molar refractivity (Wildman–Crippen MR) is 76.6 cm³/mol. The maximum absolute atomic E-state index is 10.8. The van der Waals surface area contributed by atoms with Crippen molar-refractivity contribution in [1.29, 1.82) is 0 Å². The lowest BCUT2D eigenvalue weighted by Gasteiger charge is -2.19. The van der Waals surface area contributed by atoms with E-state index in [0.29, 0.717) is 18.9 Å². The number of hydrogen-bond donors (Lipinski definition) is 0. The third-order valence-electron chi connectivity index (χ3n) is 3.13. The van der Waals surface area contributed by atoms with Crippen LogP contribution in [0.5, 0.6) is 0 Å². The summed E-state index contributed by atoms with van der Waals surface area (Å²) in [6.45, 7) is 0.704. The van der Waals surface area contributed by atoms with E-state index in [-0.39, 0.29) is 10.7 Å². The molecule has 0 N–H and O–H groups in total. The van der Waals surface area contributed by atoms with Gasteiger partial charge in [-0.2, -0.15) is 0 Å². The number of rotatable bonds is 2. The number of anilines is 1. The van der Waals surface area contributed by atoms with Crippen LogP contribution in [-0.2, 0) is 22.9 Å². The van der Waals surface area contributed by atoms with E-state index in [1.807, 2.05) is 24.3 Å². The molecular weight excluding hydrogens is 296 g/mol. The fraction of sp³-hybridized carbons (Fsp3) is 0.143. The summed E-state index contributed by atoms with van der Waals surface area (Å²) in [6.07, 6.45) is 0. The minimum atomic E-state index is -0.536. The number of nitro benzene ring substituents is 1. The first-order valence-corrected chi connectivity index (χ1v) is 6.59. The Kier molecular flexibility index (Phi) is 3.74. The Morgan fingerprint density at radius 2 is 1.71 bits per heavy atom. The Hall–Kier alpha value is -2.15. The normalized spacial score (nSPS) is 14.4. The summed E-state index contributed by atoms with van der Waals surface area (Å²) in [5.41, 5.74) is 2.41. The van der Waals surface area contributed by atoms with Crippen molar-refractivity contribution in [3.05, 3.63) is 68.7 Å². The van der Waals surface area contributed by atoms with Crippen molar-refractivity contribution in [2.45, 2.75) is 13.2 Å². The molecule has 0 aromatic heterocycles. The molecule has 2 aromatic rings. The molecule has 0 saturated carbocycles. The molecule has 0 aliphatic carbocycles. The summed E-state index contributed by atoms with van der Waals surface area (Å²) in [7, 11) is 0. The number of fused-ring (bicyclic) bond motifs is 1. The molecule has 0 atom stereocenters. The first-order chi connectivity index (χ1) is 10.1. The predicted octanol–water partition coefficient (Wildman–Crippen LogP) is 3.63. The van der Waals surface area contributed by atoms with Gasteiger partial charge in [-0.3, -0.25) is 10.1 Å². The van der Waals surface area contributed by atoms with Crippen molar-refractivity contribution in [2.75, 3.05) is 5.23 Å². The van der Waals surface area contributed by atoms with E-state index >= 15 is 0 Å². The third kappa shape index (κ3) is 2.82. The van der Waals surface area contributed by atoms with Gasteiger partial charge < -0.3 is 0 Å². The second-order valence-electron chi connectivity index (χ2n) is 4.47. The minimum absolute atomic E-state index is 0.0338. The van der Waals surface area contributed by atoms with Gasteiger partial charge in [0.1, 0.15) is 18.2 Å². The van der Waals surface area contributed by atoms with E-state index in [0.717, 1.165) is 11.1 Å². The quantitative estimate of drug-likeness (QED) is 0.626. The zero-order valence-electron chi connectivity index (χ0n) is 10.9. The van der Waals surface area contributed by atoms with Crippen molar-refractivity contribution in [3.8, 4) is 0 Å². The Labute approximate surface area is 125 Å². The highest BCUT2D eigenvalue weighted by atomic mass is 35.5. The summed E-state index contributed by atoms with van der Waals surface area (Å²) >= 11 is 5.89. The van der Waals surface area contributed by atoms with E-state index in [4.69, 9.17) is 21.3 Å². The third-order valence-corrected chi connectivity index (χ3v) is 3.43. The van der Waals surface area contributed by atoms with Crippen molar-refractivity contribution in [1.82, 2.24) is 0 Å². The maximum Gasteiger partial charge on any atom is 0.288 e. The molecular formula is C14H11ClN2O4. The summed E-state index contributed by atoms with van der Waals surface area (Å²) in [5.74, 6) is 0. The largest absolute Gasteiger partial charge is 0.288 e. The van der Waals surface area contributed by atoms with Crippen LogP contribution in [0.2, 0.25) is 5.02 Å². The van der Waals surface area contributed by atoms with Gasteiger partial charge in [0, 0.05) is 6.07 Å². The number of halogens is 1. The van der Waals surface area contributed by atoms with Crippen LogP contribution in [0.3, 0.4) is 0 Å². The standard InChI is InChI=1S/C14H11ClN2O4/c15-13-7-12(5-6-14(13)16(18)19)17-20-8-10-3-1-2-4-11(10)9-21-17/h1-7H,8-9H2. The van der Waals surface area contributed by atoms with Gasteiger partial charge in [0.15, 0.2) is 0 Å². The molecule has 1 heterocycles. The first kappa shape index (κ1) is 13.8. The molecule has 21 heavy (non-hydrogen) atoms. The molecule has 0 saturated heterocycles. The molecule has 0 spiro atoms. The molecule has 2 aromatic carbocycles. The summed E-state index contributed by atoms with van der Waals surface area (Å²) in [4.78, 5) is 21.3. The number of hydrogen-bond acceptors (Lipinski definition) is 5.